The van der Waals surface area contributed by atoms with Crippen molar-refractivity contribution in [3.63, 3.8) is 0 Å². The van der Waals surface area contributed by atoms with Gasteiger partial charge in [-0.2, -0.15) is 0 Å². The van der Waals surface area contributed by atoms with Crippen LogP contribution in [0.3, 0.4) is 0 Å². The summed E-state index contributed by atoms with van der Waals surface area (Å²) in [7, 11) is 0. The smallest absolute Gasteiger partial charge is 0.140 e. The Morgan fingerprint density at radius 3 is 2.62 bits per heavy atom. The first-order valence-electron chi connectivity index (χ1n) is 6.44. The molecule has 21 heavy (non-hydrogen) atoms. The Morgan fingerprint density at radius 1 is 1.14 bits per heavy atom. The molecular weight excluding hydrogens is 289 g/mol. The maximum atomic E-state index is 13.9. The minimum Gasteiger partial charge on any atom is -0.399 e. The van der Waals surface area contributed by atoms with Crippen molar-refractivity contribution in [3.05, 3.63) is 71.3 Å². The molecule has 3 aromatic rings. The number of rotatable bonds is 3. The van der Waals surface area contributed by atoms with Crippen LogP contribution in [0.25, 0.3) is 11.4 Å². The minimum atomic E-state index is -0.320. The summed E-state index contributed by atoms with van der Waals surface area (Å²) in [6, 6.07) is 12.1. The predicted octanol–water partition coefficient (Wildman–Crippen LogP) is 3.97. The number of nitrogen functional groups attached to an aromatic ring is 1. The molecule has 0 unspecified atom stereocenters. The first kappa shape index (κ1) is 13.6. The summed E-state index contributed by atoms with van der Waals surface area (Å²) >= 11 is 5.77. The summed E-state index contributed by atoms with van der Waals surface area (Å²) in [6.45, 7) is 0.392. The highest BCUT2D eigenvalue weighted by molar-refractivity contribution is 6.30. The Bertz CT molecular complexity index is 765. The SMILES string of the molecule is Nc1ccc(-c2nccn2Cc2ccc(Cl)cc2F)cc1. The molecule has 0 aliphatic rings. The maximum Gasteiger partial charge on any atom is 0.140 e. The third kappa shape index (κ3) is 2.90. The van der Waals surface area contributed by atoms with Gasteiger partial charge in [-0.3, -0.25) is 0 Å². The second-order valence-electron chi connectivity index (χ2n) is 4.74. The molecule has 5 heteroatoms. The lowest BCUT2D eigenvalue weighted by atomic mass is 10.1. The first-order valence-corrected chi connectivity index (χ1v) is 6.82. The minimum absolute atomic E-state index is 0.320. The number of nitrogens with two attached hydrogens (primary N) is 1. The molecule has 0 aliphatic heterocycles. The monoisotopic (exact) mass is 301 g/mol. The third-order valence-electron chi connectivity index (χ3n) is 3.24. The summed E-state index contributed by atoms with van der Waals surface area (Å²) in [5, 5.41) is 0.389. The van der Waals surface area contributed by atoms with Crippen LogP contribution in [0.4, 0.5) is 10.1 Å². The Morgan fingerprint density at radius 2 is 1.90 bits per heavy atom. The van der Waals surface area contributed by atoms with Gasteiger partial charge in [0.15, 0.2) is 0 Å². The van der Waals surface area contributed by atoms with Crippen LogP contribution in [0.1, 0.15) is 5.56 Å². The third-order valence-corrected chi connectivity index (χ3v) is 3.48. The number of benzene rings is 2. The quantitative estimate of drug-likeness (QED) is 0.744. The van der Waals surface area contributed by atoms with Crippen LogP contribution in [0, 0.1) is 5.82 Å². The lowest BCUT2D eigenvalue weighted by Crippen LogP contribution is -2.03. The molecule has 0 saturated carbocycles. The summed E-state index contributed by atoms with van der Waals surface area (Å²) in [4.78, 5) is 4.33. The molecule has 0 bridgehead atoms. The predicted molar refractivity (Wildman–Crippen MR) is 82.6 cm³/mol. The van der Waals surface area contributed by atoms with Crippen LogP contribution in [-0.4, -0.2) is 9.55 Å². The van der Waals surface area contributed by atoms with Crippen LogP contribution in [0.15, 0.2) is 54.9 Å². The summed E-state index contributed by atoms with van der Waals surface area (Å²) in [6.07, 6.45) is 3.51. The van der Waals surface area contributed by atoms with Gasteiger partial charge >= 0.3 is 0 Å². The number of hydrogen-bond donors (Lipinski definition) is 1. The van der Waals surface area contributed by atoms with E-state index in [-0.39, 0.29) is 5.82 Å². The lowest BCUT2D eigenvalue weighted by molar-refractivity contribution is 0.600. The van der Waals surface area contributed by atoms with E-state index in [4.69, 9.17) is 17.3 Å². The highest BCUT2D eigenvalue weighted by Gasteiger charge is 2.09. The second-order valence-corrected chi connectivity index (χ2v) is 5.17. The van der Waals surface area contributed by atoms with Crippen LogP contribution in [0.2, 0.25) is 5.02 Å². The van der Waals surface area contributed by atoms with E-state index in [0.29, 0.717) is 22.8 Å². The van der Waals surface area contributed by atoms with Crippen LogP contribution in [-0.2, 0) is 6.54 Å². The number of imidazole rings is 1. The highest BCUT2D eigenvalue weighted by atomic mass is 35.5. The van der Waals surface area contributed by atoms with Crippen molar-refractivity contribution in [2.45, 2.75) is 6.54 Å². The molecule has 2 N–H and O–H groups in total. The number of nitrogens with zero attached hydrogens (tertiary/aromatic N) is 2. The van der Waals surface area contributed by atoms with Gasteiger partial charge in [0.1, 0.15) is 11.6 Å². The molecule has 2 aromatic carbocycles. The molecule has 106 valence electrons. The molecule has 0 aliphatic carbocycles. The van der Waals surface area contributed by atoms with E-state index >= 15 is 0 Å². The fourth-order valence-corrected chi connectivity index (χ4v) is 2.32. The van der Waals surface area contributed by atoms with E-state index in [9.17, 15) is 4.39 Å². The average Bonchev–Trinajstić information content (AvgIpc) is 2.91. The molecule has 0 atom stereocenters. The molecule has 3 nitrogen and oxygen atoms in total. The normalized spacial score (nSPS) is 10.8. The van der Waals surface area contributed by atoms with Crippen molar-refractivity contribution >= 4 is 17.3 Å². The topological polar surface area (TPSA) is 43.8 Å². The van der Waals surface area contributed by atoms with Crippen LogP contribution >= 0.6 is 11.6 Å². The Kier molecular flexibility index (Phi) is 3.62. The van der Waals surface area contributed by atoms with Crippen LogP contribution < -0.4 is 5.73 Å². The first-order chi connectivity index (χ1) is 10.1. The molecule has 0 fully saturated rings. The fraction of sp³-hybridized carbons (Fsp3) is 0.0625. The van der Waals surface area contributed by atoms with Gasteiger partial charge in [0, 0.05) is 34.2 Å². The van der Waals surface area contributed by atoms with Gasteiger partial charge in [-0.25, -0.2) is 9.37 Å². The van der Waals surface area contributed by atoms with Crippen LogP contribution in [0.5, 0.6) is 0 Å². The van der Waals surface area contributed by atoms with Crippen molar-refractivity contribution < 1.29 is 4.39 Å². The zero-order chi connectivity index (χ0) is 14.8. The van der Waals surface area contributed by atoms with Gasteiger partial charge in [-0.15, -0.1) is 0 Å². The molecule has 1 heterocycles. The summed E-state index contributed by atoms with van der Waals surface area (Å²) < 4.78 is 15.8. The van der Waals surface area contributed by atoms with E-state index in [1.165, 1.54) is 6.07 Å². The molecule has 0 radical (unpaired) electrons. The van der Waals surface area contributed by atoms with E-state index in [1.54, 1.807) is 18.3 Å². The van der Waals surface area contributed by atoms with Gasteiger partial charge in [0.2, 0.25) is 0 Å². The number of aromatic nitrogens is 2. The Labute approximate surface area is 126 Å². The number of anilines is 1. The lowest BCUT2D eigenvalue weighted by Gasteiger charge is -2.09. The summed E-state index contributed by atoms with van der Waals surface area (Å²) in [5.41, 5.74) is 7.88. The largest absolute Gasteiger partial charge is 0.399 e. The second kappa shape index (κ2) is 5.58. The van der Waals surface area contributed by atoms with Crippen molar-refractivity contribution in [2.75, 3.05) is 5.73 Å². The van der Waals surface area contributed by atoms with E-state index in [0.717, 1.165) is 11.4 Å². The zero-order valence-electron chi connectivity index (χ0n) is 11.1. The maximum absolute atomic E-state index is 13.9. The molecule has 3 rings (SSSR count). The van der Waals surface area contributed by atoms with E-state index in [2.05, 4.69) is 4.98 Å². The molecule has 1 aromatic heterocycles. The van der Waals surface area contributed by atoms with Gasteiger partial charge in [-0.1, -0.05) is 17.7 Å². The van der Waals surface area contributed by atoms with Gasteiger partial charge in [0.25, 0.3) is 0 Å². The van der Waals surface area contributed by atoms with E-state index < -0.39 is 0 Å². The standard InChI is InChI=1S/C16H13ClFN3/c17-13-4-1-12(15(18)9-13)10-21-8-7-20-16(21)11-2-5-14(19)6-3-11/h1-9H,10,19H2. The molecule has 0 saturated heterocycles. The van der Waals surface area contributed by atoms with Crippen molar-refractivity contribution in [2.24, 2.45) is 0 Å². The molecular formula is C16H13ClFN3. The van der Waals surface area contributed by atoms with Crippen molar-refractivity contribution in [1.29, 1.82) is 0 Å². The Balaban J connectivity index is 1.94. The molecule has 0 amide bonds. The highest BCUT2D eigenvalue weighted by Crippen LogP contribution is 2.21. The van der Waals surface area contributed by atoms with E-state index in [1.807, 2.05) is 35.0 Å². The van der Waals surface area contributed by atoms with Gasteiger partial charge in [-0.05, 0) is 36.4 Å². The number of hydrogen-bond acceptors (Lipinski definition) is 2. The zero-order valence-corrected chi connectivity index (χ0v) is 11.9. The van der Waals surface area contributed by atoms with Crippen molar-refractivity contribution in [1.82, 2.24) is 9.55 Å². The fourth-order valence-electron chi connectivity index (χ4n) is 2.16. The molecule has 0 spiro atoms. The van der Waals surface area contributed by atoms with Gasteiger partial charge < -0.3 is 10.3 Å². The average molecular weight is 302 g/mol. The Hall–Kier alpha value is -2.33. The summed E-state index contributed by atoms with van der Waals surface area (Å²) in [5.74, 6) is 0.448. The number of halogens is 2. The van der Waals surface area contributed by atoms with Crippen molar-refractivity contribution in [3.8, 4) is 11.4 Å². The van der Waals surface area contributed by atoms with Gasteiger partial charge in [0.05, 0.1) is 6.54 Å².